The van der Waals surface area contributed by atoms with Gasteiger partial charge in [0, 0.05) is 24.4 Å². The number of rotatable bonds is 5. The quantitative estimate of drug-likeness (QED) is 0.884. The normalized spacial score (nSPS) is 15.0. The fourth-order valence-corrected chi connectivity index (χ4v) is 2.07. The van der Waals surface area contributed by atoms with E-state index >= 15 is 0 Å². The van der Waals surface area contributed by atoms with Crippen molar-refractivity contribution in [3.8, 4) is 0 Å². The Bertz CT molecular complexity index is 530. The van der Waals surface area contributed by atoms with E-state index in [4.69, 9.17) is 5.73 Å². The first kappa shape index (κ1) is 15.2. The number of pyridine rings is 1. The Hall–Kier alpha value is -2.20. The molecule has 0 aliphatic heterocycles. The summed E-state index contributed by atoms with van der Waals surface area (Å²) in [5.41, 5.74) is 7.86. The highest BCUT2D eigenvalue weighted by Crippen LogP contribution is 2.22. The van der Waals surface area contributed by atoms with Crippen LogP contribution in [0.1, 0.15) is 31.0 Å². The van der Waals surface area contributed by atoms with E-state index in [1.807, 2.05) is 56.3 Å². The molecular formula is C17H21N3O. The van der Waals surface area contributed by atoms with Crippen LogP contribution in [0.5, 0.6) is 0 Å². The van der Waals surface area contributed by atoms with E-state index in [1.165, 1.54) is 0 Å². The molecule has 4 nitrogen and oxygen atoms in total. The second-order valence-electron chi connectivity index (χ2n) is 5.28. The van der Waals surface area contributed by atoms with Gasteiger partial charge in [-0.3, -0.25) is 9.78 Å². The minimum absolute atomic E-state index is 0.0457. The van der Waals surface area contributed by atoms with Crippen molar-refractivity contribution in [2.45, 2.75) is 25.9 Å². The van der Waals surface area contributed by atoms with E-state index in [2.05, 4.69) is 10.3 Å². The van der Waals surface area contributed by atoms with Gasteiger partial charge in [-0.2, -0.15) is 0 Å². The Morgan fingerprint density at radius 1 is 1.05 bits per heavy atom. The smallest absolute Gasteiger partial charge is 0.225 e. The van der Waals surface area contributed by atoms with Crippen LogP contribution in [-0.4, -0.2) is 16.9 Å². The van der Waals surface area contributed by atoms with Crippen molar-refractivity contribution in [2.24, 2.45) is 11.7 Å². The zero-order chi connectivity index (χ0) is 15.2. The number of nitrogens with two attached hydrogens (primary N) is 1. The number of hydrogen-bond acceptors (Lipinski definition) is 3. The van der Waals surface area contributed by atoms with Crippen LogP contribution in [0.3, 0.4) is 0 Å². The van der Waals surface area contributed by atoms with Gasteiger partial charge in [-0.25, -0.2) is 0 Å². The van der Waals surface area contributed by atoms with E-state index < -0.39 is 0 Å². The summed E-state index contributed by atoms with van der Waals surface area (Å²) in [4.78, 5) is 16.4. The molecule has 0 bridgehead atoms. The fourth-order valence-electron chi connectivity index (χ4n) is 2.07. The summed E-state index contributed by atoms with van der Waals surface area (Å²) in [6.07, 6.45) is 3.46. The highest BCUT2D eigenvalue weighted by atomic mass is 16.1. The Labute approximate surface area is 125 Å². The van der Waals surface area contributed by atoms with Gasteiger partial charge in [0.15, 0.2) is 0 Å². The third-order valence-electron chi connectivity index (χ3n) is 3.66. The Morgan fingerprint density at radius 3 is 2.19 bits per heavy atom. The average Bonchev–Trinajstić information content (AvgIpc) is 2.53. The van der Waals surface area contributed by atoms with Gasteiger partial charge in [0.05, 0.1) is 6.04 Å². The van der Waals surface area contributed by atoms with E-state index in [0.29, 0.717) is 0 Å². The molecule has 1 aromatic heterocycles. The molecule has 1 heterocycles. The molecule has 0 radical (unpaired) electrons. The van der Waals surface area contributed by atoms with Crippen molar-refractivity contribution < 1.29 is 4.79 Å². The van der Waals surface area contributed by atoms with E-state index in [0.717, 1.165) is 11.1 Å². The van der Waals surface area contributed by atoms with Crippen LogP contribution in [-0.2, 0) is 4.79 Å². The Morgan fingerprint density at radius 2 is 1.62 bits per heavy atom. The van der Waals surface area contributed by atoms with Gasteiger partial charge in [-0.15, -0.1) is 0 Å². The molecule has 0 fully saturated rings. The molecule has 0 saturated carbocycles. The molecule has 1 aromatic carbocycles. The number of hydrogen-bond donors (Lipinski definition) is 2. The summed E-state index contributed by atoms with van der Waals surface area (Å²) < 4.78 is 0. The predicted molar refractivity (Wildman–Crippen MR) is 83.5 cm³/mol. The molecule has 0 aliphatic carbocycles. The lowest BCUT2D eigenvalue weighted by Crippen LogP contribution is -2.40. The number of aromatic nitrogens is 1. The van der Waals surface area contributed by atoms with Crippen LogP contribution in [0, 0.1) is 5.92 Å². The van der Waals surface area contributed by atoms with Crippen molar-refractivity contribution in [3.63, 3.8) is 0 Å². The summed E-state index contributed by atoms with van der Waals surface area (Å²) >= 11 is 0. The fraction of sp³-hybridized carbons (Fsp3) is 0.294. The van der Waals surface area contributed by atoms with Crippen LogP contribution < -0.4 is 11.1 Å². The highest BCUT2D eigenvalue weighted by molar-refractivity contribution is 5.79. The molecule has 2 aromatic rings. The lowest BCUT2D eigenvalue weighted by molar-refractivity contribution is -0.125. The predicted octanol–water partition coefficient (Wildman–Crippen LogP) is 2.27. The van der Waals surface area contributed by atoms with E-state index in [-0.39, 0.29) is 23.9 Å². The maximum atomic E-state index is 12.3. The Balaban J connectivity index is 2.28. The van der Waals surface area contributed by atoms with Crippen LogP contribution >= 0.6 is 0 Å². The molecule has 21 heavy (non-hydrogen) atoms. The molecule has 0 aliphatic rings. The SMILES string of the molecule is CC(N)C(C)C(=O)NC(c1ccccc1)c1ccncc1. The van der Waals surface area contributed by atoms with Crippen molar-refractivity contribution in [1.82, 2.24) is 10.3 Å². The number of carbonyl (C=O) groups is 1. The topological polar surface area (TPSA) is 68.0 Å². The van der Waals surface area contributed by atoms with Gasteiger partial charge in [0.25, 0.3) is 0 Å². The first-order valence-corrected chi connectivity index (χ1v) is 7.10. The monoisotopic (exact) mass is 283 g/mol. The minimum atomic E-state index is -0.238. The standard InChI is InChI=1S/C17H21N3O/c1-12(13(2)18)17(21)20-16(14-6-4-3-5-7-14)15-8-10-19-11-9-15/h3-13,16H,18H2,1-2H3,(H,20,21). The summed E-state index contributed by atoms with van der Waals surface area (Å²) in [6.45, 7) is 3.68. The van der Waals surface area contributed by atoms with Crippen molar-refractivity contribution in [3.05, 3.63) is 66.0 Å². The third-order valence-corrected chi connectivity index (χ3v) is 3.66. The maximum absolute atomic E-state index is 12.3. The molecule has 110 valence electrons. The maximum Gasteiger partial charge on any atom is 0.225 e. The second-order valence-corrected chi connectivity index (χ2v) is 5.28. The molecule has 1 amide bonds. The van der Waals surface area contributed by atoms with Crippen molar-refractivity contribution in [2.75, 3.05) is 0 Å². The van der Waals surface area contributed by atoms with Gasteiger partial charge >= 0.3 is 0 Å². The van der Waals surface area contributed by atoms with E-state index in [1.54, 1.807) is 12.4 Å². The van der Waals surface area contributed by atoms with Crippen LogP contribution in [0.2, 0.25) is 0 Å². The molecule has 3 unspecified atom stereocenters. The minimum Gasteiger partial charge on any atom is -0.345 e. The molecule has 0 saturated heterocycles. The number of nitrogens with zero attached hydrogens (tertiary/aromatic N) is 1. The largest absolute Gasteiger partial charge is 0.345 e. The molecular weight excluding hydrogens is 262 g/mol. The number of nitrogens with one attached hydrogen (secondary N) is 1. The third kappa shape index (κ3) is 3.89. The second kappa shape index (κ2) is 6.99. The van der Waals surface area contributed by atoms with Gasteiger partial charge in [-0.05, 0) is 30.2 Å². The highest BCUT2D eigenvalue weighted by Gasteiger charge is 2.22. The Kier molecular flexibility index (Phi) is 5.06. The number of benzene rings is 1. The van der Waals surface area contributed by atoms with Crippen molar-refractivity contribution >= 4 is 5.91 Å². The lowest BCUT2D eigenvalue weighted by Gasteiger charge is -2.23. The van der Waals surface area contributed by atoms with Gasteiger partial charge in [-0.1, -0.05) is 37.3 Å². The molecule has 3 atom stereocenters. The summed E-state index contributed by atoms with van der Waals surface area (Å²) in [5.74, 6) is -0.284. The van der Waals surface area contributed by atoms with Gasteiger partial charge < -0.3 is 11.1 Å². The zero-order valence-electron chi connectivity index (χ0n) is 12.4. The summed E-state index contributed by atoms with van der Waals surface area (Å²) in [7, 11) is 0. The van der Waals surface area contributed by atoms with Gasteiger partial charge in [0.1, 0.15) is 0 Å². The number of amides is 1. The molecule has 4 heteroatoms. The summed E-state index contributed by atoms with van der Waals surface area (Å²) in [6, 6.07) is 13.3. The zero-order valence-corrected chi connectivity index (χ0v) is 12.4. The van der Waals surface area contributed by atoms with Crippen LogP contribution in [0.25, 0.3) is 0 Å². The average molecular weight is 283 g/mol. The molecule has 3 N–H and O–H groups in total. The van der Waals surface area contributed by atoms with Gasteiger partial charge in [0.2, 0.25) is 5.91 Å². The lowest BCUT2D eigenvalue weighted by atomic mass is 9.97. The molecule has 2 rings (SSSR count). The number of carbonyl (C=O) groups excluding carboxylic acids is 1. The van der Waals surface area contributed by atoms with E-state index in [9.17, 15) is 4.79 Å². The van der Waals surface area contributed by atoms with Crippen LogP contribution in [0.15, 0.2) is 54.9 Å². The van der Waals surface area contributed by atoms with Crippen molar-refractivity contribution in [1.29, 1.82) is 0 Å². The first-order valence-electron chi connectivity index (χ1n) is 7.10. The molecule has 0 spiro atoms. The first-order chi connectivity index (χ1) is 10.1. The summed E-state index contributed by atoms with van der Waals surface area (Å²) in [5, 5.41) is 3.08. The van der Waals surface area contributed by atoms with Crippen LogP contribution in [0.4, 0.5) is 0 Å².